The summed E-state index contributed by atoms with van der Waals surface area (Å²) in [6.07, 6.45) is 2.26. The summed E-state index contributed by atoms with van der Waals surface area (Å²) in [7, 11) is 0. The summed E-state index contributed by atoms with van der Waals surface area (Å²) in [5.74, 6) is 0.304. The van der Waals surface area contributed by atoms with Crippen molar-refractivity contribution in [1.29, 1.82) is 0 Å². The first-order valence-corrected chi connectivity index (χ1v) is 6.96. The summed E-state index contributed by atoms with van der Waals surface area (Å²) in [6, 6.07) is 7.81. The fourth-order valence-corrected chi connectivity index (χ4v) is 2.28. The molecule has 0 atom stereocenters. The van der Waals surface area contributed by atoms with Crippen LogP contribution in [-0.2, 0) is 0 Å². The highest BCUT2D eigenvalue weighted by Gasteiger charge is 2.27. The lowest BCUT2D eigenvalue weighted by molar-refractivity contribution is 0.626. The molecule has 1 aliphatic carbocycles. The van der Waals surface area contributed by atoms with Crippen molar-refractivity contribution in [2.75, 3.05) is 0 Å². The lowest BCUT2D eigenvalue weighted by Gasteiger charge is -2.12. The topological polar surface area (TPSA) is 34.9 Å². The van der Waals surface area contributed by atoms with Gasteiger partial charge in [0, 0.05) is 11.5 Å². The van der Waals surface area contributed by atoms with Crippen LogP contribution in [0, 0.1) is 5.82 Å². The molecule has 3 rings (SSSR count). The molecular weight excluding hydrogens is 255 g/mol. The predicted molar refractivity (Wildman–Crippen MR) is 75.9 cm³/mol. The van der Waals surface area contributed by atoms with Crippen LogP contribution in [0.4, 0.5) is 4.39 Å². The van der Waals surface area contributed by atoms with Gasteiger partial charge in [-0.1, -0.05) is 13.8 Å². The highest BCUT2D eigenvalue weighted by molar-refractivity contribution is 5.33. The number of aromatic nitrogens is 2. The van der Waals surface area contributed by atoms with Crippen molar-refractivity contribution < 1.29 is 4.39 Å². The summed E-state index contributed by atoms with van der Waals surface area (Å²) < 4.78 is 14.4. The van der Waals surface area contributed by atoms with Gasteiger partial charge in [-0.15, -0.1) is 0 Å². The van der Waals surface area contributed by atoms with E-state index in [-0.39, 0.29) is 17.3 Å². The van der Waals surface area contributed by atoms with Gasteiger partial charge in [-0.05, 0) is 49.1 Å². The number of hydrogen-bond acceptors (Lipinski definition) is 2. The van der Waals surface area contributed by atoms with E-state index in [2.05, 4.69) is 5.10 Å². The second-order valence-corrected chi connectivity index (χ2v) is 5.65. The minimum absolute atomic E-state index is 0.115. The molecule has 1 aliphatic rings. The Morgan fingerprint density at radius 3 is 2.45 bits per heavy atom. The van der Waals surface area contributed by atoms with E-state index in [0.29, 0.717) is 11.6 Å². The maximum atomic E-state index is 13.0. The molecule has 1 aromatic carbocycles. The molecule has 0 aliphatic heterocycles. The lowest BCUT2D eigenvalue weighted by Crippen LogP contribution is -2.26. The summed E-state index contributed by atoms with van der Waals surface area (Å²) in [5.41, 5.74) is 2.24. The molecule has 0 radical (unpaired) electrons. The third kappa shape index (κ3) is 2.38. The first-order valence-electron chi connectivity index (χ1n) is 6.96. The maximum absolute atomic E-state index is 13.0. The van der Waals surface area contributed by atoms with Gasteiger partial charge in [0.15, 0.2) is 0 Å². The van der Waals surface area contributed by atoms with Gasteiger partial charge in [-0.2, -0.15) is 9.78 Å². The predicted octanol–water partition coefficient (Wildman–Crippen LogP) is 3.37. The molecule has 0 bridgehead atoms. The number of hydrogen-bond donors (Lipinski definition) is 0. The smallest absolute Gasteiger partial charge is 0.267 e. The zero-order valence-electron chi connectivity index (χ0n) is 11.6. The van der Waals surface area contributed by atoms with Crippen molar-refractivity contribution in [2.24, 2.45) is 0 Å². The van der Waals surface area contributed by atoms with Gasteiger partial charge in [0.25, 0.3) is 5.56 Å². The first kappa shape index (κ1) is 13.0. The minimum atomic E-state index is -0.316. The lowest BCUT2D eigenvalue weighted by atomic mass is 10.0. The van der Waals surface area contributed by atoms with Crippen LogP contribution < -0.4 is 5.56 Å². The summed E-state index contributed by atoms with van der Waals surface area (Å²) in [5, 5.41) is 4.46. The third-order valence-electron chi connectivity index (χ3n) is 3.65. The quantitative estimate of drug-likeness (QED) is 0.858. The molecule has 1 saturated carbocycles. The van der Waals surface area contributed by atoms with Gasteiger partial charge in [-0.3, -0.25) is 4.79 Å². The minimum Gasteiger partial charge on any atom is -0.267 e. The highest BCUT2D eigenvalue weighted by Crippen LogP contribution is 2.39. The van der Waals surface area contributed by atoms with Crippen molar-refractivity contribution >= 4 is 0 Å². The van der Waals surface area contributed by atoms with Crippen LogP contribution in [0.3, 0.4) is 0 Å². The molecule has 104 valence electrons. The number of nitrogens with zero attached hydrogens (tertiary/aromatic N) is 2. The van der Waals surface area contributed by atoms with Crippen LogP contribution in [0.25, 0.3) is 5.69 Å². The molecule has 3 nitrogen and oxygen atoms in total. The largest absolute Gasteiger partial charge is 0.274 e. The number of benzene rings is 1. The van der Waals surface area contributed by atoms with E-state index in [0.717, 1.165) is 24.1 Å². The van der Waals surface area contributed by atoms with Crippen LogP contribution in [-0.4, -0.2) is 9.78 Å². The van der Waals surface area contributed by atoms with Crippen LogP contribution in [0.1, 0.15) is 49.8 Å². The molecule has 4 heteroatoms. The molecule has 0 spiro atoms. The fraction of sp³-hybridized carbons (Fsp3) is 0.375. The molecule has 1 fully saturated rings. The van der Waals surface area contributed by atoms with Crippen molar-refractivity contribution in [2.45, 2.75) is 38.5 Å². The molecule has 1 heterocycles. The molecule has 0 saturated heterocycles. The number of halogens is 1. The van der Waals surface area contributed by atoms with Gasteiger partial charge >= 0.3 is 0 Å². The maximum Gasteiger partial charge on any atom is 0.274 e. The molecule has 20 heavy (non-hydrogen) atoms. The zero-order valence-corrected chi connectivity index (χ0v) is 11.6. The van der Waals surface area contributed by atoms with Crippen molar-refractivity contribution in [3.05, 3.63) is 57.8 Å². The Kier molecular flexibility index (Phi) is 3.16. The molecule has 2 aromatic rings. The van der Waals surface area contributed by atoms with Crippen molar-refractivity contribution in [1.82, 2.24) is 9.78 Å². The normalized spacial score (nSPS) is 14.8. The molecule has 0 N–H and O–H groups in total. The van der Waals surface area contributed by atoms with Crippen LogP contribution >= 0.6 is 0 Å². The van der Waals surface area contributed by atoms with E-state index >= 15 is 0 Å². The molecule has 0 amide bonds. The number of rotatable bonds is 3. The molecule has 0 unspecified atom stereocenters. The first-order chi connectivity index (χ1) is 9.56. The molecular formula is C16H17FN2O. The van der Waals surface area contributed by atoms with E-state index in [1.165, 1.54) is 16.8 Å². The van der Waals surface area contributed by atoms with Gasteiger partial charge in [-0.25, -0.2) is 4.39 Å². The Morgan fingerprint density at radius 1 is 1.25 bits per heavy atom. The highest BCUT2D eigenvalue weighted by atomic mass is 19.1. The average molecular weight is 272 g/mol. The Morgan fingerprint density at radius 2 is 1.90 bits per heavy atom. The van der Waals surface area contributed by atoms with E-state index in [1.54, 1.807) is 12.1 Å². The SMILES string of the molecule is CC(C)c1cc(C2CC2)nn(-c2ccc(F)cc2)c1=O. The Balaban J connectivity index is 2.18. The summed E-state index contributed by atoms with van der Waals surface area (Å²) >= 11 is 0. The standard InChI is InChI=1S/C16H17FN2O/c1-10(2)14-9-15(11-3-4-11)18-19(16(14)20)13-7-5-12(17)6-8-13/h5-11H,3-4H2,1-2H3. The van der Waals surface area contributed by atoms with Crippen LogP contribution in [0.2, 0.25) is 0 Å². The molecule has 1 aromatic heterocycles. The van der Waals surface area contributed by atoms with E-state index in [9.17, 15) is 9.18 Å². The third-order valence-corrected chi connectivity index (χ3v) is 3.65. The van der Waals surface area contributed by atoms with Gasteiger partial charge < -0.3 is 0 Å². The second kappa shape index (κ2) is 4.85. The van der Waals surface area contributed by atoms with E-state index in [1.807, 2.05) is 19.9 Å². The Bertz CT molecular complexity index is 685. The summed E-state index contributed by atoms with van der Waals surface area (Å²) in [6.45, 7) is 4.00. The van der Waals surface area contributed by atoms with Crippen molar-refractivity contribution in [3.63, 3.8) is 0 Å². The monoisotopic (exact) mass is 272 g/mol. The fourth-order valence-electron chi connectivity index (χ4n) is 2.28. The van der Waals surface area contributed by atoms with Gasteiger partial charge in [0.1, 0.15) is 5.82 Å². The van der Waals surface area contributed by atoms with Crippen LogP contribution in [0.5, 0.6) is 0 Å². The van der Waals surface area contributed by atoms with E-state index in [4.69, 9.17) is 0 Å². The van der Waals surface area contributed by atoms with Gasteiger partial charge in [0.2, 0.25) is 0 Å². The Labute approximate surface area is 117 Å². The van der Waals surface area contributed by atoms with Crippen LogP contribution in [0.15, 0.2) is 35.1 Å². The zero-order chi connectivity index (χ0) is 14.3. The average Bonchev–Trinajstić information content (AvgIpc) is 3.24. The second-order valence-electron chi connectivity index (χ2n) is 5.65. The van der Waals surface area contributed by atoms with Gasteiger partial charge in [0.05, 0.1) is 11.4 Å². The Hall–Kier alpha value is -1.97. The summed E-state index contributed by atoms with van der Waals surface area (Å²) in [4.78, 5) is 12.5. The van der Waals surface area contributed by atoms with Crippen molar-refractivity contribution in [3.8, 4) is 5.69 Å². The van der Waals surface area contributed by atoms with E-state index < -0.39 is 0 Å².